The number of hydrogen-bond acceptors (Lipinski definition) is 4. The van der Waals surface area contributed by atoms with E-state index in [1.807, 2.05) is 42.5 Å². The van der Waals surface area contributed by atoms with Crippen LogP contribution in [0.25, 0.3) is 0 Å². The lowest BCUT2D eigenvalue weighted by Gasteiger charge is -2.26. The summed E-state index contributed by atoms with van der Waals surface area (Å²) in [6, 6.07) is 13.7. The van der Waals surface area contributed by atoms with Crippen LogP contribution in [0.4, 0.5) is 0 Å². The average Bonchev–Trinajstić information content (AvgIpc) is 3.15. The lowest BCUT2D eigenvalue weighted by Crippen LogP contribution is -2.37. The minimum atomic E-state index is 0.0378. The van der Waals surface area contributed by atoms with E-state index in [9.17, 15) is 4.79 Å². The molecule has 1 aliphatic rings. The lowest BCUT2D eigenvalue weighted by molar-refractivity contribution is -0.122. The molecule has 0 aromatic heterocycles. The summed E-state index contributed by atoms with van der Waals surface area (Å²) in [5.41, 5.74) is 2.19. The maximum Gasteiger partial charge on any atom is 0.234 e. The van der Waals surface area contributed by atoms with Gasteiger partial charge >= 0.3 is 0 Å². The summed E-state index contributed by atoms with van der Waals surface area (Å²) in [4.78, 5) is 14.7. The molecule has 0 saturated carbocycles. The molecule has 0 bridgehead atoms. The van der Waals surface area contributed by atoms with Crippen molar-refractivity contribution < 1.29 is 14.3 Å². The van der Waals surface area contributed by atoms with E-state index in [0.29, 0.717) is 13.1 Å². The molecule has 6 heteroatoms. The number of amides is 1. The van der Waals surface area contributed by atoms with E-state index in [2.05, 4.69) is 10.2 Å². The molecule has 2 aromatic carbocycles. The molecule has 1 saturated heterocycles. The van der Waals surface area contributed by atoms with Gasteiger partial charge in [-0.05, 0) is 61.7 Å². The summed E-state index contributed by atoms with van der Waals surface area (Å²) in [7, 11) is 3.33. The molecule has 2 aromatic rings. The second-order valence-corrected chi connectivity index (χ2v) is 7.40. The average molecular weight is 403 g/mol. The molecule has 1 amide bonds. The monoisotopic (exact) mass is 402 g/mol. The van der Waals surface area contributed by atoms with Crippen LogP contribution in [0.15, 0.2) is 42.5 Å². The van der Waals surface area contributed by atoms with Gasteiger partial charge in [-0.3, -0.25) is 9.69 Å². The minimum Gasteiger partial charge on any atom is -0.497 e. The fourth-order valence-electron chi connectivity index (χ4n) is 3.75. The van der Waals surface area contributed by atoms with Crippen molar-refractivity contribution in [2.45, 2.75) is 25.3 Å². The molecule has 3 rings (SSSR count). The number of carbonyl (C=O) groups excluding carboxylic acids is 1. The zero-order chi connectivity index (χ0) is 19.9. The molecule has 1 heterocycles. The molecule has 1 atom stereocenters. The number of ether oxygens (including phenoxy) is 2. The highest BCUT2D eigenvalue weighted by molar-refractivity contribution is 6.30. The number of nitrogens with one attached hydrogen (secondary N) is 1. The van der Waals surface area contributed by atoms with Crippen molar-refractivity contribution in [3.63, 3.8) is 0 Å². The Labute approximate surface area is 171 Å². The number of likely N-dealkylation sites (tertiary alicyclic amines) is 1. The Bertz CT molecular complexity index is 812. The molecule has 1 aliphatic heterocycles. The van der Waals surface area contributed by atoms with Crippen LogP contribution in [0.3, 0.4) is 0 Å². The number of methoxy groups -OCH3 is 2. The van der Waals surface area contributed by atoms with Gasteiger partial charge in [0.1, 0.15) is 11.5 Å². The SMILES string of the molecule is COc1ccc(OC)c([C@H]2CCCN2CC(=O)NCCc2cccc(Cl)c2)c1. The minimum absolute atomic E-state index is 0.0378. The first-order valence-electron chi connectivity index (χ1n) is 9.58. The molecule has 0 spiro atoms. The van der Waals surface area contributed by atoms with Crippen molar-refractivity contribution in [2.75, 3.05) is 33.9 Å². The zero-order valence-corrected chi connectivity index (χ0v) is 17.2. The van der Waals surface area contributed by atoms with E-state index in [-0.39, 0.29) is 11.9 Å². The number of nitrogens with zero attached hydrogens (tertiary/aromatic N) is 1. The van der Waals surface area contributed by atoms with Crippen LogP contribution < -0.4 is 14.8 Å². The number of rotatable bonds is 8. The van der Waals surface area contributed by atoms with Gasteiger partial charge in [-0.1, -0.05) is 23.7 Å². The van der Waals surface area contributed by atoms with E-state index in [1.54, 1.807) is 14.2 Å². The van der Waals surface area contributed by atoms with Gasteiger partial charge in [0, 0.05) is 23.2 Å². The van der Waals surface area contributed by atoms with Crippen LogP contribution in [0.5, 0.6) is 11.5 Å². The van der Waals surface area contributed by atoms with Gasteiger partial charge in [0.2, 0.25) is 5.91 Å². The lowest BCUT2D eigenvalue weighted by atomic mass is 10.0. The molecule has 5 nitrogen and oxygen atoms in total. The van der Waals surface area contributed by atoms with Crippen LogP contribution in [-0.2, 0) is 11.2 Å². The molecular formula is C22H27ClN2O3. The Hall–Kier alpha value is -2.24. The number of hydrogen-bond donors (Lipinski definition) is 1. The summed E-state index contributed by atoms with van der Waals surface area (Å²) in [5, 5.41) is 3.74. The van der Waals surface area contributed by atoms with Crippen molar-refractivity contribution in [2.24, 2.45) is 0 Å². The van der Waals surface area contributed by atoms with E-state index < -0.39 is 0 Å². The third-order valence-corrected chi connectivity index (χ3v) is 5.37. The predicted molar refractivity (Wildman–Crippen MR) is 111 cm³/mol. The molecule has 150 valence electrons. The Balaban J connectivity index is 1.58. The third kappa shape index (κ3) is 5.18. The van der Waals surface area contributed by atoms with Gasteiger partial charge in [0.05, 0.1) is 20.8 Å². The van der Waals surface area contributed by atoms with Gasteiger partial charge in [-0.15, -0.1) is 0 Å². The Kier molecular flexibility index (Phi) is 7.18. The molecule has 1 N–H and O–H groups in total. The fraction of sp³-hybridized carbons (Fsp3) is 0.409. The molecule has 28 heavy (non-hydrogen) atoms. The Morgan fingerprint density at radius 3 is 2.82 bits per heavy atom. The first-order chi connectivity index (χ1) is 13.6. The summed E-state index contributed by atoms with van der Waals surface area (Å²) in [5.74, 6) is 1.67. The van der Waals surface area contributed by atoms with Crippen molar-refractivity contribution in [1.82, 2.24) is 10.2 Å². The molecule has 0 unspecified atom stereocenters. The third-order valence-electron chi connectivity index (χ3n) is 5.13. The molecule has 1 fully saturated rings. The van der Waals surface area contributed by atoms with Crippen LogP contribution in [-0.4, -0.2) is 44.7 Å². The molecule has 0 radical (unpaired) electrons. The smallest absolute Gasteiger partial charge is 0.234 e. The zero-order valence-electron chi connectivity index (χ0n) is 16.4. The van der Waals surface area contributed by atoms with E-state index in [1.165, 1.54) is 0 Å². The van der Waals surface area contributed by atoms with Gasteiger partial charge in [-0.2, -0.15) is 0 Å². The van der Waals surface area contributed by atoms with Gasteiger partial charge < -0.3 is 14.8 Å². The number of halogens is 1. The summed E-state index contributed by atoms with van der Waals surface area (Å²) >= 11 is 6.01. The topological polar surface area (TPSA) is 50.8 Å². The van der Waals surface area contributed by atoms with Crippen molar-refractivity contribution in [3.05, 3.63) is 58.6 Å². The fourth-order valence-corrected chi connectivity index (χ4v) is 3.96. The highest BCUT2D eigenvalue weighted by Gasteiger charge is 2.30. The summed E-state index contributed by atoms with van der Waals surface area (Å²) < 4.78 is 10.9. The summed E-state index contributed by atoms with van der Waals surface area (Å²) in [6.45, 7) is 1.87. The highest BCUT2D eigenvalue weighted by atomic mass is 35.5. The molecular weight excluding hydrogens is 376 g/mol. The summed E-state index contributed by atoms with van der Waals surface area (Å²) in [6.07, 6.45) is 2.82. The van der Waals surface area contributed by atoms with Crippen molar-refractivity contribution in [1.29, 1.82) is 0 Å². The van der Waals surface area contributed by atoms with E-state index >= 15 is 0 Å². The van der Waals surface area contributed by atoms with Crippen molar-refractivity contribution >= 4 is 17.5 Å². The first kappa shape index (κ1) is 20.5. The second kappa shape index (κ2) is 9.80. The van der Waals surface area contributed by atoms with Gasteiger partial charge in [0.25, 0.3) is 0 Å². The van der Waals surface area contributed by atoms with E-state index in [0.717, 1.165) is 53.5 Å². The van der Waals surface area contributed by atoms with Crippen molar-refractivity contribution in [3.8, 4) is 11.5 Å². The van der Waals surface area contributed by atoms with E-state index in [4.69, 9.17) is 21.1 Å². The molecule has 0 aliphatic carbocycles. The maximum absolute atomic E-state index is 12.5. The van der Waals surface area contributed by atoms with Crippen LogP contribution in [0.1, 0.15) is 30.0 Å². The Morgan fingerprint density at radius 2 is 2.07 bits per heavy atom. The number of carbonyl (C=O) groups is 1. The normalized spacial score (nSPS) is 16.8. The predicted octanol–water partition coefficient (Wildman–Crippen LogP) is 3.85. The maximum atomic E-state index is 12.5. The van der Waals surface area contributed by atoms with Gasteiger partial charge in [-0.25, -0.2) is 0 Å². The Morgan fingerprint density at radius 1 is 1.21 bits per heavy atom. The van der Waals surface area contributed by atoms with Crippen LogP contribution >= 0.6 is 11.6 Å². The first-order valence-corrected chi connectivity index (χ1v) is 9.95. The highest BCUT2D eigenvalue weighted by Crippen LogP contribution is 2.38. The van der Waals surface area contributed by atoms with Crippen LogP contribution in [0.2, 0.25) is 5.02 Å². The number of benzene rings is 2. The second-order valence-electron chi connectivity index (χ2n) is 6.97. The van der Waals surface area contributed by atoms with Crippen LogP contribution in [0, 0.1) is 0 Å². The quantitative estimate of drug-likeness (QED) is 0.728. The standard InChI is InChI=1S/C22H27ClN2O3/c1-27-18-8-9-21(28-2)19(14-18)20-7-4-12-25(20)15-22(26)24-11-10-16-5-3-6-17(23)13-16/h3,5-6,8-9,13-14,20H,4,7,10-12,15H2,1-2H3,(H,24,26)/t20-/m1/s1. The largest absolute Gasteiger partial charge is 0.497 e. The van der Waals surface area contributed by atoms with Gasteiger partial charge in [0.15, 0.2) is 0 Å².